The van der Waals surface area contributed by atoms with E-state index < -0.39 is 0 Å². The van der Waals surface area contributed by atoms with E-state index in [9.17, 15) is 0 Å². The number of nitrogen functional groups attached to an aromatic ring is 1. The van der Waals surface area contributed by atoms with Gasteiger partial charge >= 0.3 is 0 Å². The second-order valence-corrected chi connectivity index (χ2v) is 5.99. The molecule has 132 valence electrons. The van der Waals surface area contributed by atoms with Gasteiger partial charge in [-0.15, -0.1) is 12.4 Å². The van der Waals surface area contributed by atoms with Gasteiger partial charge in [-0.1, -0.05) is 54.6 Å². The SMILES string of the molecule is COc1ccccc1Cn1cc(-c2ccc3ccccc3c2)nc1N.Cl. The van der Waals surface area contributed by atoms with E-state index >= 15 is 0 Å². The molecule has 0 aliphatic carbocycles. The molecule has 2 N–H and O–H groups in total. The molecule has 4 aromatic rings. The molecule has 0 amide bonds. The van der Waals surface area contributed by atoms with Crippen LogP contribution in [-0.2, 0) is 6.54 Å². The summed E-state index contributed by atoms with van der Waals surface area (Å²) in [6.45, 7) is 0.621. The molecule has 0 aliphatic heterocycles. The van der Waals surface area contributed by atoms with Gasteiger partial charge in [0.2, 0.25) is 5.95 Å². The number of hydrogen-bond donors (Lipinski definition) is 1. The fraction of sp³-hybridized carbons (Fsp3) is 0.0952. The van der Waals surface area contributed by atoms with Gasteiger partial charge in [-0.3, -0.25) is 0 Å². The molecule has 1 aromatic heterocycles. The Kier molecular flexibility index (Phi) is 5.14. The molecule has 26 heavy (non-hydrogen) atoms. The number of methoxy groups -OCH3 is 1. The number of imidazole rings is 1. The summed E-state index contributed by atoms with van der Waals surface area (Å²) in [5, 5.41) is 2.41. The predicted octanol–water partition coefficient (Wildman–Crippen LogP) is 4.76. The summed E-state index contributed by atoms with van der Waals surface area (Å²) in [4.78, 5) is 4.54. The van der Waals surface area contributed by atoms with Gasteiger partial charge < -0.3 is 15.0 Å². The fourth-order valence-corrected chi connectivity index (χ4v) is 3.06. The third-order valence-corrected chi connectivity index (χ3v) is 4.39. The largest absolute Gasteiger partial charge is 0.496 e. The predicted molar refractivity (Wildman–Crippen MR) is 109 cm³/mol. The topological polar surface area (TPSA) is 53.1 Å². The van der Waals surface area contributed by atoms with E-state index in [1.165, 1.54) is 10.8 Å². The molecule has 0 unspecified atom stereocenters. The molecule has 4 rings (SSSR count). The lowest BCUT2D eigenvalue weighted by atomic mass is 10.1. The zero-order chi connectivity index (χ0) is 17.2. The lowest BCUT2D eigenvalue weighted by Crippen LogP contribution is -2.04. The molecule has 0 aliphatic rings. The first-order valence-corrected chi connectivity index (χ1v) is 8.18. The van der Waals surface area contributed by atoms with Crippen molar-refractivity contribution >= 4 is 29.1 Å². The summed E-state index contributed by atoms with van der Waals surface area (Å²) in [5.74, 6) is 1.34. The van der Waals surface area contributed by atoms with Crippen LogP contribution in [0.1, 0.15) is 5.56 Å². The Morgan fingerprint density at radius 3 is 2.50 bits per heavy atom. The zero-order valence-corrected chi connectivity index (χ0v) is 15.2. The molecular formula is C21H20ClN3O. The van der Waals surface area contributed by atoms with Crippen LogP contribution in [0.15, 0.2) is 72.9 Å². The lowest BCUT2D eigenvalue weighted by molar-refractivity contribution is 0.408. The van der Waals surface area contributed by atoms with E-state index in [4.69, 9.17) is 10.5 Å². The number of benzene rings is 3. The number of hydrogen-bond acceptors (Lipinski definition) is 3. The summed E-state index contributed by atoms with van der Waals surface area (Å²) in [6.07, 6.45) is 1.99. The van der Waals surface area contributed by atoms with Crippen LogP contribution in [-0.4, -0.2) is 16.7 Å². The minimum Gasteiger partial charge on any atom is -0.496 e. The van der Waals surface area contributed by atoms with E-state index in [0.717, 1.165) is 22.6 Å². The van der Waals surface area contributed by atoms with E-state index in [1.54, 1.807) is 7.11 Å². The van der Waals surface area contributed by atoms with Crippen LogP contribution in [0.5, 0.6) is 5.75 Å². The summed E-state index contributed by atoms with van der Waals surface area (Å²) in [5.41, 5.74) is 9.14. The third kappa shape index (κ3) is 3.37. The second kappa shape index (κ2) is 7.50. The van der Waals surface area contributed by atoms with Crippen LogP contribution in [0.25, 0.3) is 22.0 Å². The first-order valence-electron chi connectivity index (χ1n) is 8.18. The van der Waals surface area contributed by atoms with Gasteiger partial charge in [0.15, 0.2) is 0 Å². The summed E-state index contributed by atoms with van der Waals surface area (Å²) in [7, 11) is 1.68. The van der Waals surface area contributed by atoms with Crippen LogP contribution in [0, 0.1) is 0 Å². The fourth-order valence-electron chi connectivity index (χ4n) is 3.06. The molecule has 3 aromatic carbocycles. The first kappa shape index (κ1) is 17.8. The van der Waals surface area contributed by atoms with Crippen LogP contribution < -0.4 is 10.5 Å². The Morgan fingerprint density at radius 2 is 1.69 bits per heavy atom. The Hall–Kier alpha value is -2.98. The molecule has 0 saturated carbocycles. The number of fused-ring (bicyclic) bond motifs is 1. The average molecular weight is 366 g/mol. The zero-order valence-electron chi connectivity index (χ0n) is 14.4. The monoisotopic (exact) mass is 365 g/mol. The molecular weight excluding hydrogens is 346 g/mol. The van der Waals surface area contributed by atoms with Crippen molar-refractivity contribution in [1.82, 2.24) is 9.55 Å². The number of halogens is 1. The van der Waals surface area contributed by atoms with Gasteiger partial charge in [0.05, 0.1) is 19.3 Å². The minimum absolute atomic E-state index is 0. The molecule has 4 nitrogen and oxygen atoms in total. The average Bonchev–Trinajstić information content (AvgIpc) is 3.02. The van der Waals surface area contributed by atoms with Gasteiger partial charge in [-0.25, -0.2) is 4.98 Å². The van der Waals surface area contributed by atoms with Crippen molar-refractivity contribution in [3.05, 3.63) is 78.5 Å². The van der Waals surface area contributed by atoms with E-state index in [2.05, 4.69) is 35.3 Å². The highest BCUT2D eigenvalue weighted by atomic mass is 35.5. The number of nitrogens with zero attached hydrogens (tertiary/aromatic N) is 2. The lowest BCUT2D eigenvalue weighted by Gasteiger charge is -2.09. The van der Waals surface area contributed by atoms with E-state index in [1.807, 2.05) is 47.2 Å². The number of anilines is 1. The maximum atomic E-state index is 6.14. The van der Waals surface area contributed by atoms with Gasteiger partial charge in [-0.2, -0.15) is 0 Å². The van der Waals surface area contributed by atoms with Crippen molar-refractivity contribution in [2.75, 3.05) is 12.8 Å². The van der Waals surface area contributed by atoms with Crippen LogP contribution >= 0.6 is 12.4 Å². The highest BCUT2D eigenvalue weighted by molar-refractivity contribution is 5.86. The number of aromatic nitrogens is 2. The number of nitrogens with two attached hydrogens (primary N) is 1. The van der Waals surface area contributed by atoms with E-state index in [-0.39, 0.29) is 12.4 Å². The van der Waals surface area contributed by atoms with Crippen molar-refractivity contribution in [3.63, 3.8) is 0 Å². The molecule has 0 radical (unpaired) electrons. The van der Waals surface area contributed by atoms with Crippen molar-refractivity contribution < 1.29 is 4.74 Å². The Bertz CT molecular complexity index is 1040. The van der Waals surface area contributed by atoms with Crippen LogP contribution in [0.4, 0.5) is 5.95 Å². The first-order chi connectivity index (χ1) is 12.2. The maximum Gasteiger partial charge on any atom is 0.201 e. The third-order valence-electron chi connectivity index (χ3n) is 4.39. The van der Waals surface area contributed by atoms with Gasteiger partial charge in [0.1, 0.15) is 5.75 Å². The van der Waals surface area contributed by atoms with Crippen LogP contribution in [0.2, 0.25) is 0 Å². The van der Waals surface area contributed by atoms with Gasteiger partial charge in [0.25, 0.3) is 0 Å². The van der Waals surface area contributed by atoms with Gasteiger partial charge in [-0.05, 0) is 22.9 Å². The van der Waals surface area contributed by atoms with Gasteiger partial charge in [0, 0.05) is 17.3 Å². The second-order valence-electron chi connectivity index (χ2n) is 5.99. The van der Waals surface area contributed by atoms with Crippen LogP contribution in [0.3, 0.4) is 0 Å². The Balaban J connectivity index is 0.00000196. The number of rotatable bonds is 4. The quantitative estimate of drug-likeness (QED) is 0.567. The Morgan fingerprint density at radius 1 is 0.962 bits per heavy atom. The molecule has 1 heterocycles. The van der Waals surface area contributed by atoms with E-state index in [0.29, 0.717) is 12.5 Å². The molecule has 0 saturated heterocycles. The van der Waals surface area contributed by atoms with Crippen molar-refractivity contribution in [1.29, 1.82) is 0 Å². The molecule has 0 bridgehead atoms. The van der Waals surface area contributed by atoms with Crippen molar-refractivity contribution in [3.8, 4) is 17.0 Å². The summed E-state index contributed by atoms with van der Waals surface area (Å²) < 4.78 is 7.37. The highest BCUT2D eigenvalue weighted by Gasteiger charge is 2.10. The standard InChI is InChI=1S/C21H19N3O.ClH/c1-25-20-9-5-4-8-18(20)13-24-14-19(23-21(24)22)17-11-10-15-6-2-3-7-16(15)12-17;/h2-12,14H,13H2,1H3,(H2,22,23);1H. The minimum atomic E-state index is 0. The molecule has 0 spiro atoms. The highest BCUT2D eigenvalue weighted by Crippen LogP contribution is 2.26. The van der Waals surface area contributed by atoms with Crippen molar-refractivity contribution in [2.45, 2.75) is 6.54 Å². The molecule has 0 fully saturated rings. The smallest absolute Gasteiger partial charge is 0.201 e. The number of ether oxygens (including phenoxy) is 1. The normalized spacial score (nSPS) is 10.5. The summed E-state index contributed by atoms with van der Waals surface area (Å²) >= 11 is 0. The number of para-hydroxylation sites is 1. The summed E-state index contributed by atoms with van der Waals surface area (Å²) in [6, 6.07) is 22.6. The van der Waals surface area contributed by atoms with Crippen molar-refractivity contribution in [2.24, 2.45) is 0 Å². The molecule has 5 heteroatoms. The maximum absolute atomic E-state index is 6.14. The Labute approximate surface area is 158 Å². The molecule has 0 atom stereocenters.